The number of rotatable bonds is 6. The highest BCUT2D eigenvalue weighted by Crippen LogP contribution is 2.34. The summed E-state index contributed by atoms with van der Waals surface area (Å²) in [5.41, 5.74) is 0. The summed E-state index contributed by atoms with van der Waals surface area (Å²) in [5.74, 6) is 0.543. The van der Waals surface area contributed by atoms with E-state index >= 15 is 0 Å². The highest BCUT2D eigenvalue weighted by molar-refractivity contribution is 7.90. The molecule has 19 heavy (non-hydrogen) atoms. The molecule has 102 valence electrons. The van der Waals surface area contributed by atoms with Crippen LogP contribution in [0.2, 0.25) is 0 Å². The van der Waals surface area contributed by atoms with Crippen LogP contribution in [0.3, 0.4) is 0 Å². The number of hydrogen-bond donors (Lipinski definition) is 0. The quantitative estimate of drug-likeness (QED) is 0.801. The number of aryl methyl sites for hydroxylation is 1. The molecule has 0 spiro atoms. The molecular weight excluding hydrogens is 284 g/mol. The van der Waals surface area contributed by atoms with E-state index in [1.54, 1.807) is 16.0 Å². The van der Waals surface area contributed by atoms with Crippen molar-refractivity contribution < 1.29 is 8.42 Å². The first-order valence-electron chi connectivity index (χ1n) is 6.13. The van der Waals surface area contributed by atoms with Crippen molar-refractivity contribution in [2.75, 3.05) is 5.75 Å². The fourth-order valence-electron chi connectivity index (χ4n) is 1.89. The highest BCUT2D eigenvalue weighted by atomic mass is 32.2. The van der Waals surface area contributed by atoms with Crippen molar-refractivity contribution in [3.63, 3.8) is 0 Å². The molecule has 0 aliphatic heterocycles. The van der Waals surface area contributed by atoms with Crippen LogP contribution in [-0.2, 0) is 22.0 Å². The van der Waals surface area contributed by atoms with Gasteiger partial charge in [-0.15, -0.1) is 16.4 Å². The minimum Gasteiger partial charge on any atom is -0.228 e. The van der Waals surface area contributed by atoms with Gasteiger partial charge in [0.05, 0.1) is 11.8 Å². The Labute approximate surface area is 115 Å². The molecule has 1 saturated carbocycles. The van der Waals surface area contributed by atoms with Crippen molar-refractivity contribution in [2.45, 2.75) is 31.1 Å². The van der Waals surface area contributed by atoms with Crippen LogP contribution in [-0.4, -0.2) is 34.4 Å². The molecule has 0 amide bonds. The minimum atomic E-state index is -3.17. The van der Waals surface area contributed by atoms with Gasteiger partial charge < -0.3 is 0 Å². The Morgan fingerprint density at radius 1 is 1.42 bits per heavy atom. The first-order chi connectivity index (χ1) is 9.14. The fraction of sp³-hybridized carbons (Fsp3) is 0.545. The van der Waals surface area contributed by atoms with Gasteiger partial charge in [0.1, 0.15) is 5.75 Å². The lowest BCUT2D eigenvalue weighted by Crippen LogP contribution is -2.15. The summed E-state index contributed by atoms with van der Waals surface area (Å²) in [6, 6.07) is 4.19. The van der Waals surface area contributed by atoms with E-state index in [4.69, 9.17) is 0 Å². The number of thiophene rings is 1. The van der Waals surface area contributed by atoms with Gasteiger partial charge in [0.15, 0.2) is 15.7 Å². The SMILES string of the molecule is O=S(=O)(CCc1cccs1)Cc1nnnn1C1CC1. The average molecular weight is 298 g/mol. The van der Waals surface area contributed by atoms with Crippen LogP contribution in [0.15, 0.2) is 17.5 Å². The molecule has 2 aromatic rings. The third-order valence-electron chi connectivity index (χ3n) is 3.04. The molecule has 1 fully saturated rings. The Bertz CT molecular complexity index is 644. The maximum Gasteiger partial charge on any atom is 0.166 e. The van der Waals surface area contributed by atoms with Gasteiger partial charge in [-0.05, 0) is 41.1 Å². The molecule has 0 N–H and O–H groups in total. The van der Waals surface area contributed by atoms with Gasteiger partial charge >= 0.3 is 0 Å². The largest absolute Gasteiger partial charge is 0.228 e. The smallest absolute Gasteiger partial charge is 0.166 e. The Balaban J connectivity index is 1.65. The lowest BCUT2D eigenvalue weighted by molar-refractivity contribution is 0.574. The highest BCUT2D eigenvalue weighted by Gasteiger charge is 2.29. The second-order valence-corrected chi connectivity index (χ2v) is 7.91. The molecule has 0 radical (unpaired) electrons. The second kappa shape index (κ2) is 5.01. The van der Waals surface area contributed by atoms with Gasteiger partial charge in [0, 0.05) is 4.88 Å². The van der Waals surface area contributed by atoms with Crippen LogP contribution >= 0.6 is 11.3 Å². The van der Waals surface area contributed by atoms with E-state index in [2.05, 4.69) is 15.5 Å². The molecule has 1 aliphatic carbocycles. The first kappa shape index (κ1) is 12.7. The minimum absolute atomic E-state index is 0.0676. The summed E-state index contributed by atoms with van der Waals surface area (Å²) in [6.45, 7) is 0. The molecule has 0 saturated heterocycles. The third-order valence-corrected chi connectivity index (χ3v) is 5.50. The van der Waals surface area contributed by atoms with Crippen LogP contribution in [0.5, 0.6) is 0 Å². The summed E-state index contributed by atoms with van der Waals surface area (Å²) < 4.78 is 25.8. The Morgan fingerprint density at radius 2 is 2.26 bits per heavy atom. The van der Waals surface area contributed by atoms with Crippen molar-refractivity contribution in [3.05, 3.63) is 28.2 Å². The van der Waals surface area contributed by atoms with E-state index in [0.29, 0.717) is 18.3 Å². The number of nitrogens with zero attached hydrogens (tertiary/aromatic N) is 4. The molecule has 3 rings (SSSR count). The van der Waals surface area contributed by atoms with E-state index in [-0.39, 0.29) is 11.5 Å². The molecule has 0 aromatic carbocycles. The summed E-state index contributed by atoms with van der Waals surface area (Å²) >= 11 is 1.58. The van der Waals surface area contributed by atoms with Gasteiger partial charge in [0.25, 0.3) is 0 Å². The summed E-state index contributed by atoms with van der Waals surface area (Å²) in [4.78, 5) is 1.09. The fourth-order valence-corrected chi connectivity index (χ4v) is 3.99. The molecule has 1 aliphatic rings. The van der Waals surface area contributed by atoms with E-state index in [1.807, 2.05) is 17.5 Å². The molecule has 6 nitrogen and oxygen atoms in total. The van der Waals surface area contributed by atoms with E-state index in [9.17, 15) is 8.42 Å². The summed E-state index contributed by atoms with van der Waals surface area (Å²) in [6.07, 6.45) is 2.63. The van der Waals surface area contributed by atoms with E-state index < -0.39 is 9.84 Å². The number of tetrazole rings is 1. The Hall–Kier alpha value is -1.28. The average Bonchev–Trinajstić information content (AvgIpc) is 2.90. The second-order valence-electron chi connectivity index (χ2n) is 4.69. The molecule has 0 atom stereocenters. The molecule has 0 unspecified atom stereocenters. The van der Waals surface area contributed by atoms with Gasteiger partial charge in [-0.25, -0.2) is 13.1 Å². The van der Waals surface area contributed by atoms with Crippen molar-refractivity contribution >= 4 is 21.2 Å². The van der Waals surface area contributed by atoms with E-state index in [0.717, 1.165) is 17.7 Å². The number of aromatic nitrogens is 4. The Morgan fingerprint density at radius 3 is 2.95 bits per heavy atom. The van der Waals surface area contributed by atoms with Gasteiger partial charge in [0.2, 0.25) is 0 Å². The standard InChI is InChI=1S/C11H14N4O2S2/c16-19(17,7-5-10-2-1-6-18-10)8-11-12-13-14-15(11)9-3-4-9/h1-2,6,9H,3-5,7-8H2. The zero-order chi connectivity index (χ0) is 13.3. The number of sulfone groups is 1. The Kier molecular flexibility index (Phi) is 3.36. The predicted molar refractivity (Wildman–Crippen MR) is 71.6 cm³/mol. The van der Waals surface area contributed by atoms with Crippen LogP contribution in [0, 0.1) is 0 Å². The van der Waals surface area contributed by atoms with Gasteiger partial charge in [-0.2, -0.15) is 0 Å². The molecule has 0 bridgehead atoms. The maximum atomic E-state index is 12.1. The van der Waals surface area contributed by atoms with Crippen molar-refractivity contribution in [1.29, 1.82) is 0 Å². The van der Waals surface area contributed by atoms with Crippen LogP contribution < -0.4 is 0 Å². The first-order valence-corrected chi connectivity index (χ1v) is 8.84. The van der Waals surface area contributed by atoms with E-state index in [1.165, 1.54) is 0 Å². The molecule has 8 heteroatoms. The number of hydrogen-bond acceptors (Lipinski definition) is 6. The molecule has 2 aromatic heterocycles. The zero-order valence-corrected chi connectivity index (χ0v) is 11.9. The normalized spacial score (nSPS) is 15.8. The summed E-state index contributed by atoms with van der Waals surface area (Å²) in [5, 5.41) is 13.2. The summed E-state index contributed by atoms with van der Waals surface area (Å²) in [7, 11) is -3.17. The van der Waals surface area contributed by atoms with Crippen LogP contribution in [0.25, 0.3) is 0 Å². The molecule has 2 heterocycles. The van der Waals surface area contributed by atoms with Crippen molar-refractivity contribution in [3.8, 4) is 0 Å². The van der Waals surface area contributed by atoms with Gasteiger partial charge in [-0.1, -0.05) is 6.07 Å². The predicted octanol–water partition coefficient (Wildman–Crippen LogP) is 1.23. The molecular formula is C11H14N4O2S2. The van der Waals surface area contributed by atoms with Crippen molar-refractivity contribution in [1.82, 2.24) is 20.2 Å². The van der Waals surface area contributed by atoms with Gasteiger partial charge in [-0.3, -0.25) is 0 Å². The van der Waals surface area contributed by atoms with Crippen LogP contribution in [0.4, 0.5) is 0 Å². The third kappa shape index (κ3) is 3.19. The van der Waals surface area contributed by atoms with Crippen molar-refractivity contribution in [2.24, 2.45) is 0 Å². The topological polar surface area (TPSA) is 77.7 Å². The lowest BCUT2D eigenvalue weighted by Gasteiger charge is -2.04. The monoisotopic (exact) mass is 298 g/mol. The zero-order valence-electron chi connectivity index (χ0n) is 10.3. The maximum absolute atomic E-state index is 12.1. The van der Waals surface area contributed by atoms with Crippen LogP contribution in [0.1, 0.15) is 29.6 Å². The lowest BCUT2D eigenvalue weighted by atomic mass is 10.4.